The van der Waals surface area contributed by atoms with E-state index in [1.54, 1.807) is 6.07 Å². The van der Waals surface area contributed by atoms with Crippen LogP contribution in [0.4, 0.5) is 0 Å². The number of aryl methyl sites for hydroxylation is 1. The highest BCUT2D eigenvalue weighted by Gasteiger charge is 1.99. The average Bonchev–Trinajstić information content (AvgIpc) is 2.18. The first-order chi connectivity index (χ1) is 6.77. The van der Waals surface area contributed by atoms with Crippen LogP contribution < -0.4 is 4.72 Å². The number of nitrogens with one attached hydrogen (secondary N) is 1. The number of aliphatic hydroxyl groups excluding tert-OH is 1. The van der Waals surface area contributed by atoms with Gasteiger partial charge in [-0.3, -0.25) is 4.72 Å². The van der Waals surface area contributed by atoms with Crippen LogP contribution in [0.3, 0.4) is 0 Å². The Morgan fingerprint density at radius 1 is 1.57 bits per heavy atom. The van der Waals surface area contributed by atoms with Crippen molar-refractivity contribution in [2.24, 2.45) is 0 Å². The molecule has 3 nitrogen and oxygen atoms in total. The summed E-state index contributed by atoms with van der Waals surface area (Å²) in [4.78, 5) is 1.05. The summed E-state index contributed by atoms with van der Waals surface area (Å²) in [6, 6.07) is 7.77. The zero-order valence-electron chi connectivity index (χ0n) is 7.95. The summed E-state index contributed by atoms with van der Waals surface area (Å²) in [6.07, 6.45) is 0. The molecule has 1 aromatic carbocycles. The van der Waals surface area contributed by atoms with Gasteiger partial charge in [-0.25, -0.2) is 0 Å². The Bertz CT molecular complexity index is 346. The van der Waals surface area contributed by atoms with Gasteiger partial charge in [0.25, 0.3) is 0 Å². The molecule has 0 radical (unpaired) electrons. The third-order valence-electron chi connectivity index (χ3n) is 1.72. The Hall–Kier alpha value is -1.02. The zero-order chi connectivity index (χ0) is 10.4. The fourth-order valence-corrected chi connectivity index (χ4v) is 1.74. The van der Waals surface area contributed by atoms with E-state index in [0.717, 1.165) is 10.5 Å². The maximum atomic E-state index is 8.72. The molecule has 74 valence electrons. The second-order valence-corrected chi connectivity index (χ2v) is 3.77. The van der Waals surface area contributed by atoms with E-state index in [1.165, 1.54) is 11.9 Å². The molecule has 0 amide bonds. The number of hydrogen-bond acceptors (Lipinski definition) is 4. The van der Waals surface area contributed by atoms with Crippen molar-refractivity contribution in [1.82, 2.24) is 4.72 Å². The Morgan fingerprint density at radius 3 is 2.93 bits per heavy atom. The molecular formula is C10H12N2OS. The summed E-state index contributed by atoms with van der Waals surface area (Å²) in [5.74, 6) is 0. The number of nitrogens with zero attached hydrogens (tertiary/aromatic N) is 1. The molecule has 0 aliphatic heterocycles. The smallest absolute Gasteiger partial charge is 0.0994 e. The molecule has 0 unspecified atom stereocenters. The predicted molar refractivity (Wildman–Crippen MR) is 56.8 cm³/mol. The van der Waals surface area contributed by atoms with Crippen LogP contribution in [0.1, 0.15) is 11.1 Å². The highest BCUT2D eigenvalue weighted by molar-refractivity contribution is 7.97. The van der Waals surface area contributed by atoms with Gasteiger partial charge < -0.3 is 5.11 Å². The van der Waals surface area contributed by atoms with Crippen LogP contribution >= 0.6 is 11.9 Å². The largest absolute Gasteiger partial charge is 0.395 e. The quantitative estimate of drug-likeness (QED) is 0.581. The number of nitriles is 1. The van der Waals surface area contributed by atoms with Crippen LogP contribution in [0.5, 0.6) is 0 Å². The lowest BCUT2D eigenvalue weighted by atomic mass is 10.1. The monoisotopic (exact) mass is 208 g/mol. The summed E-state index contributed by atoms with van der Waals surface area (Å²) in [5, 5.41) is 17.3. The molecule has 0 aliphatic carbocycles. The van der Waals surface area contributed by atoms with Gasteiger partial charge in [-0.05, 0) is 42.6 Å². The molecule has 1 rings (SSSR count). The second kappa shape index (κ2) is 5.66. The van der Waals surface area contributed by atoms with Gasteiger partial charge in [0, 0.05) is 11.4 Å². The third-order valence-corrected chi connectivity index (χ3v) is 2.56. The zero-order valence-corrected chi connectivity index (χ0v) is 8.77. The van der Waals surface area contributed by atoms with E-state index in [1.807, 2.05) is 19.1 Å². The van der Waals surface area contributed by atoms with Crippen molar-refractivity contribution in [3.8, 4) is 6.07 Å². The minimum Gasteiger partial charge on any atom is -0.395 e. The molecule has 0 fully saturated rings. The van der Waals surface area contributed by atoms with E-state index in [9.17, 15) is 0 Å². The molecule has 4 heteroatoms. The van der Waals surface area contributed by atoms with Crippen LogP contribution in [0.25, 0.3) is 0 Å². The van der Waals surface area contributed by atoms with E-state index < -0.39 is 0 Å². The van der Waals surface area contributed by atoms with E-state index in [2.05, 4.69) is 10.8 Å². The van der Waals surface area contributed by atoms with E-state index in [0.29, 0.717) is 12.1 Å². The Labute approximate surface area is 87.9 Å². The summed E-state index contributed by atoms with van der Waals surface area (Å²) >= 11 is 1.46. The first-order valence-corrected chi connectivity index (χ1v) is 5.11. The molecule has 0 spiro atoms. The summed E-state index contributed by atoms with van der Waals surface area (Å²) in [6.45, 7) is 2.60. The maximum absolute atomic E-state index is 8.72. The van der Waals surface area contributed by atoms with Crippen LogP contribution in [0.2, 0.25) is 0 Å². The van der Waals surface area contributed by atoms with Crippen LogP contribution in [-0.4, -0.2) is 18.3 Å². The molecule has 0 bridgehead atoms. The number of benzene rings is 1. The molecule has 0 aliphatic rings. The fourth-order valence-electron chi connectivity index (χ4n) is 1.01. The molecule has 0 saturated heterocycles. The van der Waals surface area contributed by atoms with E-state index >= 15 is 0 Å². The van der Waals surface area contributed by atoms with Crippen molar-refractivity contribution in [2.75, 3.05) is 13.2 Å². The van der Waals surface area contributed by atoms with Crippen molar-refractivity contribution in [3.63, 3.8) is 0 Å². The molecule has 1 aromatic rings. The molecule has 0 heterocycles. The lowest BCUT2D eigenvalue weighted by Crippen LogP contribution is -2.08. The normalized spacial score (nSPS) is 9.79. The molecule has 0 saturated carbocycles. The molecule has 0 aromatic heterocycles. The van der Waals surface area contributed by atoms with Crippen LogP contribution in [0.15, 0.2) is 23.1 Å². The summed E-state index contributed by atoms with van der Waals surface area (Å²) in [7, 11) is 0. The fraction of sp³-hybridized carbons (Fsp3) is 0.300. The number of aliphatic hydroxyl groups is 1. The van der Waals surface area contributed by atoms with Crippen molar-refractivity contribution in [3.05, 3.63) is 29.3 Å². The minimum absolute atomic E-state index is 0.127. The van der Waals surface area contributed by atoms with Gasteiger partial charge in [-0.1, -0.05) is 0 Å². The second-order valence-electron chi connectivity index (χ2n) is 2.81. The third kappa shape index (κ3) is 3.04. The number of rotatable bonds is 4. The van der Waals surface area contributed by atoms with Crippen molar-refractivity contribution < 1.29 is 5.11 Å². The van der Waals surface area contributed by atoms with Gasteiger partial charge in [0.1, 0.15) is 0 Å². The SMILES string of the molecule is Cc1cc(SNCCO)ccc1C#N. The Morgan fingerprint density at radius 2 is 2.36 bits per heavy atom. The molecule has 14 heavy (non-hydrogen) atoms. The topological polar surface area (TPSA) is 56.0 Å². The highest BCUT2D eigenvalue weighted by atomic mass is 32.2. The van der Waals surface area contributed by atoms with Crippen LogP contribution in [0, 0.1) is 18.3 Å². The van der Waals surface area contributed by atoms with E-state index in [-0.39, 0.29) is 6.61 Å². The molecular weight excluding hydrogens is 196 g/mol. The van der Waals surface area contributed by atoms with Crippen molar-refractivity contribution in [2.45, 2.75) is 11.8 Å². The predicted octanol–water partition coefficient (Wildman–Crippen LogP) is 1.46. The first kappa shape index (κ1) is 11.1. The lowest BCUT2D eigenvalue weighted by Gasteiger charge is -2.03. The highest BCUT2D eigenvalue weighted by Crippen LogP contribution is 2.18. The lowest BCUT2D eigenvalue weighted by molar-refractivity contribution is 0.302. The van der Waals surface area contributed by atoms with Gasteiger partial charge in [-0.2, -0.15) is 5.26 Å². The van der Waals surface area contributed by atoms with Gasteiger partial charge in [0.05, 0.1) is 18.2 Å². The number of hydrogen-bond donors (Lipinski definition) is 2. The molecule has 0 atom stereocenters. The summed E-state index contributed by atoms with van der Waals surface area (Å²) in [5.41, 5.74) is 1.68. The Kier molecular flexibility index (Phi) is 4.47. The van der Waals surface area contributed by atoms with Crippen molar-refractivity contribution in [1.29, 1.82) is 5.26 Å². The summed E-state index contributed by atoms with van der Waals surface area (Å²) < 4.78 is 3.00. The van der Waals surface area contributed by atoms with Crippen LogP contribution in [-0.2, 0) is 0 Å². The van der Waals surface area contributed by atoms with Crippen molar-refractivity contribution >= 4 is 11.9 Å². The molecule has 2 N–H and O–H groups in total. The maximum Gasteiger partial charge on any atom is 0.0994 e. The first-order valence-electron chi connectivity index (χ1n) is 4.29. The average molecular weight is 208 g/mol. The van der Waals surface area contributed by atoms with Gasteiger partial charge in [0.2, 0.25) is 0 Å². The van der Waals surface area contributed by atoms with E-state index in [4.69, 9.17) is 10.4 Å². The minimum atomic E-state index is 0.127. The van der Waals surface area contributed by atoms with Gasteiger partial charge in [-0.15, -0.1) is 0 Å². The Balaban J connectivity index is 2.63. The van der Waals surface area contributed by atoms with Gasteiger partial charge >= 0.3 is 0 Å². The van der Waals surface area contributed by atoms with Gasteiger partial charge in [0.15, 0.2) is 0 Å². The standard InChI is InChI=1S/C10H12N2OS/c1-8-6-10(14-12-4-5-13)3-2-9(8)7-11/h2-3,6,12-13H,4-5H2,1H3.